The van der Waals surface area contributed by atoms with E-state index in [9.17, 15) is 0 Å². The molecule has 5 rings (SSSR count). The first-order chi connectivity index (χ1) is 14.2. The van der Waals surface area contributed by atoms with Gasteiger partial charge in [-0.3, -0.25) is 4.90 Å². The van der Waals surface area contributed by atoms with Gasteiger partial charge in [0.2, 0.25) is 0 Å². The van der Waals surface area contributed by atoms with Gasteiger partial charge >= 0.3 is 0 Å². The molecule has 2 aliphatic heterocycles. The molecule has 5 heteroatoms. The Kier molecular flexibility index (Phi) is 4.92. The summed E-state index contributed by atoms with van der Waals surface area (Å²) in [5.41, 5.74) is 4.33. The third-order valence-corrected chi connectivity index (χ3v) is 6.02. The van der Waals surface area contributed by atoms with Crippen LogP contribution in [0.2, 0.25) is 0 Å². The Labute approximate surface area is 171 Å². The highest BCUT2D eigenvalue weighted by molar-refractivity contribution is 5.72. The summed E-state index contributed by atoms with van der Waals surface area (Å²) >= 11 is 0. The van der Waals surface area contributed by atoms with Crippen molar-refractivity contribution in [3.05, 3.63) is 53.4 Å². The number of piperidine rings is 1. The van der Waals surface area contributed by atoms with Gasteiger partial charge in [0.05, 0.1) is 6.61 Å². The third-order valence-electron chi connectivity index (χ3n) is 6.02. The van der Waals surface area contributed by atoms with Crippen LogP contribution >= 0.6 is 0 Å². The minimum atomic E-state index is 0.252. The van der Waals surface area contributed by atoms with Crippen molar-refractivity contribution in [1.29, 1.82) is 0 Å². The molecule has 1 atom stereocenters. The maximum atomic E-state index is 6.01. The smallest absolute Gasteiger partial charge is 0.198 e. The summed E-state index contributed by atoms with van der Waals surface area (Å²) in [5, 5.41) is 0. The van der Waals surface area contributed by atoms with E-state index in [1.807, 2.05) is 31.2 Å². The predicted octanol–water partition coefficient (Wildman–Crippen LogP) is 4.93. The van der Waals surface area contributed by atoms with Crippen molar-refractivity contribution in [2.75, 3.05) is 19.7 Å². The van der Waals surface area contributed by atoms with E-state index in [2.05, 4.69) is 24.0 Å². The van der Waals surface area contributed by atoms with Crippen molar-refractivity contribution in [2.24, 2.45) is 0 Å². The Bertz CT molecular complexity index is 972. The second kappa shape index (κ2) is 7.71. The predicted molar refractivity (Wildman–Crippen MR) is 113 cm³/mol. The minimum absolute atomic E-state index is 0.252. The van der Waals surface area contributed by atoms with Gasteiger partial charge in [-0.1, -0.05) is 12.1 Å². The first-order valence-electron chi connectivity index (χ1n) is 10.7. The number of hydrogen-bond acceptors (Lipinski definition) is 5. The van der Waals surface area contributed by atoms with Gasteiger partial charge in [-0.05, 0) is 64.0 Å². The number of rotatable bonds is 5. The first-order valence-corrected chi connectivity index (χ1v) is 10.7. The van der Waals surface area contributed by atoms with Gasteiger partial charge < -0.3 is 13.9 Å². The standard InChI is InChI=1S/C24H28N2O3/c1-3-27-22-13-18-12-16(2)28-23(18)14-19(22)15-26-10-8-17(9-11-26)24-25-20-6-4-5-7-21(20)29-24/h4-7,13-14,16-17H,3,8-12,15H2,1-2H3/t16-/m0/s1. The number of ether oxygens (including phenoxy) is 2. The Morgan fingerprint density at radius 1 is 1.17 bits per heavy atom. The largest absolute Gasteiger partial charge is 0.494 e. The fraction of sp³-hybridized carbons (Fsp3) is 0.458. The Morgan fingerprint density at radius 3 is 2.79 bits per heavy atom. The van der Waals surface area contributed by atoms with E-state index in [0.717, 1.165) is 67.4 Å². The highest BCUT2D eigenvalue weighted by Gasteiger charge is 2.27. The summed E-state index contributed by atoms with van der Waals surface area (Å²) in [7, 11) is 0. The molecule has 0 N–H and O–H groups in total. The van der Waals surface area contributed by atoms with Gasteiger partial charge in [-0.2, -0.15) is 0 Å². The summed E-state index contributed by atoms with van der Waals surface area (Å²) in [4.78, 5) is 7.21. The number of likely N-dealkylation sites (tertiary alicyclic amines) is 1. The highest BCUT2D eigenvalue weighted by Crippen LogP contribution is 2.37. The minimum Gasteiger partial charge on any atom is -0.494 e. The normalized spacial score (nSPS) is 20.0. The van der Waals surface area contributed by atoms with Crippen molar-refractivity contribution in [3.63, 3.8) is 0 Å². The van der Waals surface area contributed by atoms with Crippen LogP contribution in [0.1, 0.15) is 49.6 Å². The zero-order chi connectivity index (χ0) is 19.8. The second-order valence-corrected chi connectivity index (χ2v) is 8.20. The van der Waals surface area contributed by atoms with Crippen molar-refractivity contribution in [3.8, 4) is 11.5 Å². The molecule has 3 aromatic rings. The van der Waals surface area contributed by atoms with Crippen molar-refractivity contribution in [1.82, 2.24) is 9.88 Å². The van der Waals surface area contributed by atoms with Crippen LogP contribution in [0.25, 0.3) is 11.1 Å². The maximum Gasteiger partial charge on any atom is 0.198 e. The molecule has 1 fully saturated rings. The molecular formula is C24H28N2O3. The van der Waals surface area contributed by atoms with Gasteiger partial charge in [0.1, 0.15) is 23.1 Å². The number of fused-ring (bicyclic) bond motifs is 2. The van der Waals surface area contributed by atoms with Gasteiger partial charge in [-0.15, -0.1) is 0 Å². The molecule has 0 saturated carbocycles. The lowest BCUT2D eigenvalue weighted by Gasteiger charge is -2.31. The molecule has 1 aromatic heterocycles. The monoisotopic (exact) mass is 392 g/mol. The molecule has 152 valence electrons. The van der Waals surface area contributed by atoms with Crippen LogP contribution in [0.3, 0.4) is 0 Å². The van der Waals surface area contributed by atoms with Crippen LogP contribution in [0.15, 0.2) is 40.8 Å². The lowest BCUT2D eigenvalue weighted by atomic mass is 9.96. The maximum absolute atomic E-state index is 6.01. The Morgan fingerprint density at radius 2 is 2.00 bits per heavy atom. The molecule has 0 bridgehead atoms. The van der Waals surface area contributed by atoms with Gasteiger partial charge in [0, 0.05) is 30.0 Å². The molecule has 0 spiro atoms. The number of aromatic nitrogens is 1. The van der Waals surface area contributed by atoms with Gasteiger partial charge in [0.25, 0.3) is 0 Å². The van der Waals surface area contributed by atoms with Crippen LogP contribution in [0.5, 0.6) is 11.5 Å². The van der Waals surface area contributed by atoms with E-state index < -0.39 is 0 Å². The topological polar surface area (TPSA) is 47.7 Å². The zero-order valence-corrected chi connectivity index (χ0v) is 17.2. The SMILES string of the molecule is CCOc1cc2c(cc1CN1CCC(c3nc4ccccc4o3)CC1)O[C@@H](C)C2. The number of hydrogen-bond donors (Lipinski definition) is 0. The molecule has 0 unspecified atom stereocenters. The highest BCUT2D eigenvalue weighted by atomic mass is 16.5. The van der Waals surface area contributed by atoms with Crippen LogP contribution in [0.4, 0.5) is 0 Å². The number of oxazole rings is 1. The van der Waals surface area contributed by atoms with Gasteiger partial charge in [0.15, 0.2) is 11.5 Å². The summed E-state index contributed by atoms with van der Waals surface area (Å²) in [6, 6.07) is 12.4. The molecule has 0 aliphatic carbocycles. The molecule has 3 heterocycles. The number of nitrogens with zero attached hydrogens (tertiary/aromatic N) is 2. The van der Waals surface area contributed by atoms with Crippen LogP contribution in [-0.4, -0.2) is 35.7 Å². The molecule has 0 radical (unpaired) electrons. The summed E-state index contributed by atoms with van der Waals surface area (Å²) < 4.78 is 17.9. The first kappa shape index (κ1) is 18.5. The average Bonchev–Trinajstić information content (AvgIpc) is 3.31. The zero-order valence-electron chi connectivity index (χ0n) is 17.2. The third kappa shape index (κ3) is 3.71. The van der Waals surface area contributed by atoms with Crippen LogP contribution < -0.4 is 9.47 Å². The quantitative estimate of drug-likeness (QED) is 0.616. The molecule has 1 saturated heterocycles. The fourth-order valence-electron chi connectivity index (χ4n) is 4.54. The molecule has 0 amide bonds. The lowest BCUT2D eigenvalue weighted by molar-refractivity contribution is 0.190. The van der Waals surface area contributed by atoms with E-state index >= 15 is 0 Å². The van der Waals surface area contributed by atoms with E-state index in [-0.39, 0.29) is 6.10 Å². The van der Waals surface area contributed by atoms with Gasteiger partial charge in [-0.25, -0.2) is 4.98 Å². The molecule has 2 aliphatic rings. The van der Waals surface area contributed by atoms with Crippen molar-refractivity contribution < 1.29 is 13.9 Å². The van der Waals surface area contributed by atoms with Crippen LogP contribution in [-0.2, 0) is 13.0 Å². The van der Waals surface area contributed by atoms with E-state index in [1.165, 1.54) is 11.1 Å². The molecule has 5 nitrogen and oxygen atoms in total. The van der Waals surface area contributed by atoms with Crippen molar-refractivity contribution in [2.45, 2.75) is 51.7 Å². The molecule has 2 aromatic carbocycles. The Balaban J connectivity index is 1.27. The summed E-state index contributed by atoms with van der Waals surface area (Å²) in [6.45, 7) is 7.80. The Hall–Kier alpha value is -2.53. The molecule has 29 heavy (non-hydrogen) atoms. The fourth-order valence-corrected chi connectivity index (χ4v) is 4.54. The lowest BCUT2D eigenvalue weighted by Crippen LogP contribution is -2.32. The number of benzene rings is 2. The van der Waals surface area contributed by atoms with E-state index in [1.54, 1.807) is 0 Å². The van der Waals surface area contributed by atoms with Crippen LogP contribution in [0, 0.1) is 0 Å². The average molecular weight is 392 g/mol. The summed E-state index contributed by atoms with van der Waals surface area (Å²) in [6.07, 6.45) is 3.35. The van der Waals surface area contributed by atoms with E-state index in [4.69, 9.17) is 18.9 Å². The van der Waals surface area contributed by atoms with Crippen molar-refractivity contribution >= 4 is 11.1 Å². The summed E-state index contributed by atoms with van der Waals surface area (Å²) in [5.74, 6) is 3.32. The second-order valence-electron chi connectivity index (χ2n) is 8.20. The molecular weight excluding hydrogens is 364 g/mol. The van der Waals surface area contributed by atoms with E-state index in [0.29, 0.717) is 12.5 Å². The number of para-hydroxylation sites is 2.